The number of hydrogen-bond donors (Lipinski definition) is 2. The van der Waals surface area contributed by atoms with E-state index in [-0.39, 0.29) is 17.5 Å². The molecule has 6 nitrogen and oxygen atoms in total. The Hall–Kier alpha value is -1.56. The summed E-state index contributed by atoms with van der Waals surface area (Å²) in [6.07, 6.45) is 8.82. The summed E-state index contributed by atoms with van der Waals surface area (Å²) in [5, 5.41) is 9.76. The maximum absolute atomic E-state index is 12.1. The molecule has 0 bridgehead atoms. The highest BCUT2D eigenvalue weighted by Gasteiger charge is 2.56. The molecule has 2 fully saturated rings. The van der Waals surface area contributed by atoms with Crippen molar-refractivity contribution in [3.63, 3.8) is 0 Å². The summed E-state index contributed by atoms with van der Waals surface area (Å²) in [6.45, 7) is 3.18. The van der Waals surface area contributed by atoms with Crippen LogP contribution in [0.2, 0.25) is 0 Å². The van der Waals surface area contributed by atoms with Crippen LogP contribution in [0.4, 0.5) is 4.79 Å². The molecular weight excluding hydrogens is 282 g/mol. The lowest BCUT2D eigenvalue weighted by Gasteiger charge is -2.57. The molecule has 1 aromatic heterocycles. The smallest absolute Gasteiger partial charge is 0.315 e. The van der Waals surface area contributed by atoms with E-state index in [1.807, 2.05) is 6.92 Å². The molecule has 6 heteroatoms. The van der Waals surface area contributed by atoms with Gasteiger partial charge in [-0.15, -0.1) is 0 Å². The minimum absolute atomic E-state index is 0.132. The zero-order chi connectivity index (χ0) is 15.4. The average molecular weight is 307 g/mol. The summed E-state index contributed by atoms with van der Waals surface area (Å²) < 4.78 is 10.7. The molecule has 0 unspecified atom stereocenters. The topological polar surface area (TPSA) is 76.4 Å². The van der Waals surface area contributed by atoms with Gasteiger partial charge in [-0.25, -0.2) is 4.79 Å². The molecule has 2 N–H and O–H groups in total. The summed E-state index contributed by atoms with van der Waals surface area (Å²) in [5.41, 5.74) is 0.878. The van der Waals surface area contributed by atoms with Gasteiger partial charge in [-0.3, -0.25) is 0 Å². The first kappa shape index (κ1) is 15.3. The van der Waals surface area contributed by atoms with E-state index in [1.54, 1.807) is 6.07 Å². The lowest BCUT2D eigenvalue weighted by molar-refractivity contribution is -0.146. The normalized spacial score (nSPS) is 26.4. The van der Waals surface area contributed by atoms with Crippen molar-refractivity contribution in [2.45, 2.75) is 64.1 Å². The minimum Gasteiger partial charge on any atom is -0.378 e. The molecule has 0 saturated heterocycles. The Morgan fingerprint density at radius 3 is 2.95 bits per heavy atom. The number of aromatic nitrogens is 1. The van der Waals surface area contributed by atoms with Crippen LogP contribution in [0.15, 0.2) is 16.9 Å². The van der Waals surface area contributed by atoms with E-state index >= 15 is 0 Å². The van der Waals surface area contributed by atoms with Crippen molar-refractivity contribution in [1.82, 2.24) is 15.8 Å². The standard InChI is InChI=1S/C16H25N3O3/c1-2-21-14-10-13(16(14)7-4-3-5-8-16)18-15(20)17-11-12-6-9-22-19-12/h6,9,13-14H,2-5,7-8,10-11H2,1H3,(H2,17,18,20)/t13-,14+/m0/s1. The van der Waals surface area contributed by atoms with Gasteiger partial charge in [-0.1, -0.05) is 24.4 Å². The summed E-state index contributed by atoms with van der Waals surface area (Å²) in [5.74, 6) is 0. The zero-order valence-corrected chi connectivity index (χ0v) is 13.1. The second-order valence-corrected chi connectivity index (χ2v) is 6.34. The van der Waals surface area contributed by atoms with Gasteiger partial charge in [-0.2, -0.15) is 0 Å². The first-order valence-electron chi connectivity index (χ1n) is 8.30. The molecule has 0 aromatic carbocycles. The van der Waals surface area contributed by atoms with Crippen LogP contribution in [0, 0.1) is 5.41 Å². The molecule has 0 aliphatic heterocycles. The Labute approximate surface area is 131 Å². The van der Waals surface area contributed by atoms with Crippen molar-refractivity contribution in [2.75, 3.05) is 6.61 Å². The fourth-order valence-electron chi connectivity index (χ4n) is 3.97. The van der Waals surface area contributed by atoms with Gasteiger partial charge in [-0.05, 0) is 26.2 Å². The van der Waals surface area contributed by atoms with Gasteiger partial charge >= 0.3 is 6.03 Å². The molecule has 2 atom stereocenters. The predicted octanol–water partition coefficient (Wildman–Crippen LogP) is 2.60. The predicted molar refractivity (Wildman–Crippen MR) is 81.2 cm³/mol. The van der Waals surface area contributed by atoms with Gasteiger partial charge in [0.2, 0.25) is 0 Å². The van der Waals surface area contributed by atoms with Gasteiger partial charge in [0.05, 0.1) is 12.6 Å². The molecule has 2 saturated carbocycles. The Morgan fingerprint density at radius 2 is 2.27 bits per heavy atom. The van der Waals surface area contributed by atoms with Crippen LogP contribution in [-0.4, -0.2) is 29.9 Å². The molecule has 2 aliphatic rings. The van der Waals surface area contributed by atoms with Gasteiger partial charge in [0.1, 0.15) is 12.0 Å². The van der Waals surface area contributed by atoms with Gasteiger partial charge < -0.3 is 19.9 Å². The highest BCUT2D eigenvalue weighted by atomic mass is 16.5. The number of carbonyl (C=O) groups excluding carboxylic acids is 1. The van der Waals surface area contributed by atoms with E-state index in [2.05, 4.69) is 15.8 Å². The summed E-state index contributed by atoms with van der Waals surface area (Å²) in [4.78, 5) is 12.1. The van der Waals surface area contributed by atoms with Crippen molar-refractivity contribution < 1.29 is 14.1 Å². The number of carbonyl (C=O) groups is 1. The van der Waals surface area contributed by atoms with Crippen LogP contribution in [0.3, 0.4) is 0 Å². The lowest BCUT2D eigenvalue weighted by atomic mass is 9.55. The quantitative estimate of drug-likeness (QED) is 0.876. The van der Waals surface area contributed by atoms with Crippen LogP contribution in [0.5, 0.6) is 0 Å². The Balaban J connectivity index is 1.53. The fourth-order valence-corrected chi connectivity index (χ4v) is 3.97. The van der Waals surface area contributed by atoms with Crippen molar-refractivity contribution >= 4 is 6.03 Å². The third-order valence-corrected chi connectivity index (χ3v) is 5.16. The van der Waals surface area contributed by atoms with Gasteiger partial charge in [0.15, 0.2) is 0 Å². The van der Waals surface area contributed by atoms with Crippen LogP contribution in [0.1, 0.15) is 51.1 Å². The van der Waals surface area contributed by atoms with Crippen LogP contribution in [-0.2, 0) is 11.3 Å². The first-order chi connectivity index (χ1) is 10.7. The number of ether oxygens (including phenoxy) is 1. The third kappa shape index (κ3) is 2.97. The van der Waals surface area contributed by atoms with Crippen molar-refractivity contribution in [1.29, 1.82) is 0 Å². The van der Waals surface area contributed by atoms with Gasteiger partial charge in [0.25, 0.3) is 0 Å². The molecule has 22 heavy (non-hydrogen) atoms. The molecule has 2 aliphatic carbocycles. The second-order valence-electron chi connectivity index (χ2n) is 6.34. The number of urea groups is 1. The molecular formula is C16H25N3O3. The SMILES string of the molecule is CCO[C@@H]1C[C@H](NC(=O)NCc2ccon2)C12CCCCC2. The van der Waals surface area contributed by atoms with E-state index in [9.17, 15) is 4.79 Å². The molecule has 1 spiro atoms. The average Bonchev–Trinajstić information content (AvgIpc) is 3.06. The van der Waals surface area contributed by atoms with Crippen molar-refractivity contribution in [3.8, 4) is 0 Å². The van der Waals surface area contributed by atoms with E-state index < -0.39 is 0 Å². The summed E-state index contributed by atoms with van der Waals surface area (Å²) >= 11 is 0. The van der Waals surface area contributed by atoms with E-state index in [4.69, 9.17) is 9.26 Å². The van der Waals surface area contributed by atoms with E-state index in [0.717, 1.165) is 31.6 Å². The Morgan fingerprint density at radius 1 is 1.45 bits per heavy atom. The fraction of sp³-hybridized carbons (Fsp3) is 0.750. The summed E-state index contributed by atoms with van der Waals surface area (Å²) in [7, 11) is 0. The van der Waals surface area contributed by atoms with Crippen LogP contribution in [0.25, 0.3) is 0 Å². The second kappa shape index (κ2) is 6.69. The highest BCUT2D eigenvalue weighted by molar-refractivity contribution is 5.74. The minimum atomic E-state index is -0.132. The Kier molecular flexibility index (Phi) is 4.66. The monoisotopic (exact) mass is 307 g/mol. The maximum atomic E-state index is 12.1. The number of rotatable bonds is 5. The summed E-state index contributed by atoms with van der Waals surface area (Å²) in [6, 6.07) is 1.84. The number of nitrogens with one attached hydrogen (secondary N) is 2. The molecule has 1 heterocycles. The van der Waals surface area contributed by atoms with Crippen molar-refractivity contribution in [3.05, 3.63) is 18.0 Å². The molecule has 2 amide bonds. The lowest BCUT2D eigenvalue weighted by Crippen LogP contribution is -2.66. The van der Waals surface area contributed by atoms with Crippen LogP contribution < -0.4 is 10.6 Å². The highest BCUT2D eigenvalue weighted by Crippen LogP contribution is 2.53. The number of amides is 2. The molecule has 0 radical (unpaired) electrons. The Bertz CT molecular complexity index is 483. The first-order valence-corrected chi connectivity index (χ1v) is 8.30. The van der Waals surface area contributed by atoms with Crippen LogP contribution >= 0.6 is 0 Å². The molecule has 122 valence electrons. The van der Waals surface area contributed by atoms with E-state index in [1.165, 1.54) is 25.5 Å². The maximum Gasteiger partial charge on any atom is 0.315 e. The molecule has 3 rings (SSSR count). The zero-order valence-electron chi connectivity index (χ0n) is 13.1. The number of nitrogens with zero attached hydrogens (tertiary/aromatic N) is 1. The van der Waals surface area contributed by atoms with E-state index in [0.29, 0.717) is 12.6 Å². The van der Waals surface area contributed by atoms with Gasteiger partial charge in [0, 0.05) is 24.1 Å². The number of hydrogen-bond acceptors (Lipinski definition) is 4. The third-order valence-electron chi connectivity index (χ3n) is 5.16. The largest absolute Gasteiger partial charge is 0.378 e. The van der Waals surface area contributed by atoms with Crippen molar-refractivity contribution in [2.24, 2.45) is 5.41 Å². The molecule has 1 aromatic rings.